The summed E-state index contributed by atoms with van der Waals surface area (Å²) in [6.07, 6.45) is -0.131. The van der Waals surface area contributed by atoms with Gasteiger partial charge in [-0.25, -0.2) is 9.38 Å². The number of nitrogens with zero attached hydrogens (tertiary/aromatic N) is 2. The molecular weight excluding hydrogens is 395 g/mol. The standard InChI is InChI=1S/C24H31FN4O2/c1-4-26-23(30)20-8-6-18(7-9-20)14-28-24(27-5-2)29-15-17(3)31-22(16-29)19-10-12-21(25)13-11-19/h6-13,17,22H,4-5,14-16H2,1-3H3,(H,26,30)(H,27,28). The topological polar surface area (TPSA) is 66.0 Å². The van der Waals surface area contributed by atoms with Crippen molar-refractivity contribution in [1.29, 1.82) is 0 Å². The van der Waals surface area contributed by atoms with Crippen molar-refractivity contribution in [3.63, 3.8) is 0 Å². The molecule has 1 aliphatic rings. The molecule has 0 spiro atoms. The summed E-state index contributed by atoms with van der Waals surface area (Å²) in [6, 6.07) is 14.0. The van der Waals surface area contributed by atoms with Gasteiger partial charge in [0.15, 0.2) is 5.96 Å². The van der Waals surface area contributed by atoms with Crippen molar-refractivity contribution in [1.82, 2.24) is 15.5 Å². The van der Waals surface area contributed by atoms with Crippen LogP contribution in [-0.4, -0.2) is 49.0 Å². The summed E-state index contributed by atoms with van der Waals surface area (Å²) in [7, 11) is 0. The lowest BCUT2D eigenvalue weighted by atomic mass is 10.1. The second-order valence-electron chi connectivity index (χ2n) is 7.62. The zero-order chi connectivity index (χ0) is 22.2. The molecule has 0 aliphatic carbocycles. The minimum absolute atomic E-state index is 0.0176. The van der Waals surface area contributed by atoms with E-state index in [-0.39, 0.29) is 23.9 Å². The van der Waals surface area contributed by atoms with Gasteiger partial charge >= 0.3 is 0 Å². The van der Waals surface area contributed by atoms with Crippen LogP contribution in [0.1, 0.15) is 48.4 Å². The van der Waals surface area contributed by atoms with Gasteiger partial charge in [-0.3, -0.25) is 4.79 Å². The first-order valence-corrected chi connectivity index (χ1v) is 10.8. The van der Waals surface area contributed by atoms with Crippen molar-refractivity contribution in [2.75, 3.05) is 26.2 Å². The second kappa shape index (κ2) is 10.9. The zero-order valence-corrected chi connectivity index (χ0v) is 18.4. The van der Waals surface area contributed by atoms with E-state index in [1.165, 1.54) is 12.1 Å². The third-order valence-electron chi connectivity index (χ3n) is 5.10. The number of ether oxygens (including phenoxy) is 1. The number of hydrogen-bond acceptors (Lipinski definition) is 3. The number of aliphatic imine (C=N–C) groups is 1. The summed E-state index contributed by atoms with van der Waals surface area (Å²) in [6.45, 7) is 9.19. The van der Waals surface area contributed by atoms with Gasteiger partial charge in [-0.15, -0.1) is 0 Å². The van der Waals surface area contributed by atoms with Crippen molar-refractivity contribution in [3.8, 4) is 0 Å². The van der Waals surface area contributed by atoms with E-state index >= 15 is 0 Å². The molecule has 2 unspecified atom stereocenters. The largest absolute Gasteiger partial charge is 0.367 e. The Bertz CT molecular complexity index is 883. The van der Waals surface area contributed by atoms with Crippen LogP contribution in [0.3, 0.4) is 0 Å². The van der Waals surface area contributed by atoms with Crippen LogP contribution in [0.5, 0.6) is 0 Å². The molecule has 2 aromatic carbocycles. The van der Waals surface area contributed by atoms with Crippen LogP contribution in [0.15, 0.2) is 53.5 Å². The first-order valence-electron chi connectivity index (χ1n) is 10.8. The fraction of sp³-hybridized carbons (Fsp3) is 0.417. The molecule has 1 amide bonds. The average molecular weight is 427 g/mol. The van der Waals surface area contributed by atoms with Gasteiger partial charge in [0.2, 0.25) is 0 Å². The van der Waals surface area contributed by atoms with Gasteiger partial charge in [-0.1, -0.05) is 24.3 Å². The Kier molecular flexibility index (Phi) is 8.00. The van der Waals surface area contributed by atoms with Crippen LogP contribution in [0.25, 0.3) is 0 Å². The number of carbonyl (C=O) groups excluding carboxylic acids is 1. The highest BCUT2D eigenvalue weighted by molar-refractivity contribution is 5.94. The number of hydrogen-bond donors (Lipinski definition) is 2. The molecule has 2 aromatic rings. The molecule has 0 radical (unpaired) electrons. The maximum absolute atomic E-state index is 13.3. The van der Waals surface area contributed by atoms with E-state index in [4.69, 9.17) is 9.73 Å². The number of nitrogens with one attached hydrogen (secondary N) is 2. The molecule has 2 N–H and O–H groups in total. The number of amides is 1. The first kappa shape index (κ1) is 22.7. The highest BCUT2D eigenvalue weighted by Crippen LogP contribution is 2.25. The highest BCUT2D eigenvalue weighted by atomic mass is 19.1. The van der Waals surface area contributed by atoms with Crippen molar-refractivity contribution in [2.45, 2.75) is 39.5 Å². The summed E-state index contributed by atoms with van der Waals surface area (Å²) in [5.74, 6) is 0.496. The first-order chi connectivity index (χ1) is 15.0. The van der Waals surface area contributed by atoms with Gasteiger partial charge in [-0.2, -0.15) is 0 Å². The van der Waals surface area contributed by atoms with Gasteiger partial charge < -0.3 is 20.3 Å². The van der Waals surface area contributed by atoms with E-state index < -0.39 is 0 Å². The average Bonchev–Trinajstić information content (AvgIpc) is 2.77. The highest BCUT2D eigenvalue weighted by Gasteiger charge is 2.28. The molecule has 2 atom stereocenters. The molecule has 7 heteroatoms. The molecule has 166 valence electrons. The van der Waals surface area contributed by atoms with Gasteiger partial charge in [-0.05, 0) is 56.2 Å². The quantitative estimate of drug-likeness (QED) is 0.548. The third-order valence-corrected chi connectivity index (χ3v) is 5.10. The second-order valence-corrected chi connectivity index (χ2v) is 7.62. The summed E-state index contributed by atoms with van der Waals surface area (Å²) < 4.78 is 19.4. The van der Waals surface area contributed by atoms with Gasteiger partial charge in [0.1, 0.15) is 11.9 Å². The molecular formula is C24H31FN4O2. The van der Waals surface area contributed by atoms with E-state index in [0.717, 1.165) is 30.2 Å². The Hall–Kier alpha value is -2.93. The fourth-order valence-electron chi connectivity index (χ4n) is 3.60. The Balaban J connectivity index is 1.71. The van der Waals surface area contributed by atoms with Crippen molar-refractivity contribution in [3.05, 3.63) is 71.0 Å². The number of rotatable bonds is 6. The van der Waals surface area contributed by atoms with Gasteiger partial charge in [0.25, 0.3) is 5.91 Å². The lowest BCUT2D eigenvalue weighted by molar-refractivity contribution is -0.0605. The van der Waals surface area contributed by atoms with E-state index in [2.05, 4.69) is 15.5 Å². The zero-order valence-electron chi connectivity index (χ0n) is 18.4. The molecule has 1 aliphatic heterocycles. The van der Waals surface area contributed by atoms with Crippen LogP contribution in [-0.2, 0) is 11.3 Å². The minimum atomic E-state index is -0.252. The molecule has 0 aromatic heterocycles. The van der Waals surface area contributed by atoms with E-state index in [1.807, 2.05) is 45.0 Å². The summed E-state index contributed by atoms with van der Waals surface area (Å²) in [5.41, 5.74) is 2.63. The molecule has 0 saturated carbocycles. The monoisotopic (exact) mass is 426 g/mol. The smallest absolute Gasteiger partial charge is 0.251 e. The Morgan fingerprint density at radius 3 is 2.39 bits per heavy atom. The molecule has 6 nitrogen and oxygen atoms in total. The van der Waals surface area contributed by atoms with Crippen LogP contribution in [0.2, 0.25) is 0 Å². The molecule has 3 rings (SSSR count). The van der Waals surface area contributed by atoms with Gasteiger partial charge in [0.05, 0.1) is 19.2 Å². The van der Waals surface area contributed by atoms with Crippen molar-refractivity contribution < 1.29 is 13.9 Å². The summed E-state index contributed by atoms with van der Waals surface area (Å²) in [5, 5.41) is 6.17. The third kappa shape index (κ3) is 6.28. The number of morpholine rings is 1. The summed E-state index contributed by atoms with van der Waals surface area (Å²) in [4.78, 5) is 18.9. The molecule has 1 fully saturated rings. The van der Waals surface area contributed by atoms with Crippen molar-refractivity contribution in [2.24, 2.45) is 4.99 Å². The van der Waals surface area contributed by atoms with Crippen LogP contribution in [0, 0.1) is 5.82 Å². The fourth-order valence-corrected chi connectivity index (χ4v) is 3.60. The molecule has 31 heavy (non-hydrogen) atoms. The predicted molar refractivity (Wildman–Crippen MR) is 121 cm³/mol. The van der Waals surface area contributed by atoms with Crippen LogP contribution in [0.4, 0.5) is 4.39 Å². The molecule has 0 bridgehead atoms. The Morgan fingerprint density at radius 1 is 1.06 bits per heavy atom. The van der Waals surface area contributed by atoms with E-state index in [0.29, 0.717) is 25.2 Å². The number of carbonyl (C=O) groups is 1. The summed E-state index contributed by atoms with van der Waals surface area (Å²) >= 11 is 0. The van der Waals surface area contributed by atoms with Crippen molar-refractivity contribution >= 4 is 11.9 Å². The Morgan fingerprint density at radius 2 is 1.74 bits per heavy atom. The molecule has 1 saturated heterocycles. The lowest BCUT2D eigenvalue weighted by Crippen LogP contribution is -2.50. The lowest BCUT2D eigenvalue weighted by Gasteiger charge is -2.38. The van der Waals surface area contributed by atoms with E-state index in [1.54, 1.807) is 12.1 Å². The SMILES string of the molecule is CCNC(=O)c1ccc(CN=C(NCC)N2CC(C)OC(c3ccc(F)cc3)C2)cc1. The minimum Gasteiger partial charge on any atom is -0.367 e. The van der Waals surface area contributed by atoms with Gasteiger partial charge in [0, 0.05) is 25.2 Å². The number of halogens is 1. The number of benzene rings is 2. The Labute approximate surface area is 183 Å². The van der Waals surface area contributed by atoms with E-state index in [9.17, 15) is 9.18 Å². The molecule has 1 heterocycles. The predicted octanol–water partition coefficient (Wildman–Crippen LogP) is 3.50. The maximum Gasteiger partial charge on any atom is 0.251 e. The van der Waals surface area contributed by atoms with Crippen LogP contribution < -0.4 is 10.6 Å². The number of guanidine groups is 1. The van der Waals surface area contributed by atoms with Crippen LogP contribution >= 0.6 is 0 Å². The normalized spacial score (nSPS) is 19.2. The maximum atomic E-state index is 13.3.